The van der Waals surface area contributed by atoms with Crippen molar-refractivity contribution in [2.45, 2.75) is 0 Å². The van der Waals surface area contributed by atoms with Crippen LogP contribution in [0, 0.1) is 0 Å². The Morgan fingerprint density at radius 3 is 2.50 bits per heavy atom. The van der Waals surface area contributed by atoms with Gasteiger partial charge in [-0.15, -0.1) is 0 Å². The van der Waals surface area contributed by atoms with E-state index in [0.717, 1.165) is 0 Å². The average molecular weight is 237 g/mol. The molecule has 0 aromatic carbocycles. The van der Waals surface area contributed by atoms with Gasteiger partial charge in [-0.3, -0.25) is 0 Å². The van der Waals surface area contributed by atoms with Gasteiger partial charge in [-0.05, 0) is 12.2 Å². The highest BCUT2D eigenvalue weighted by atomic mass is 32.2. The van der Waals surface area contributed by atoms with Gasteiger partial charge < -0.3 is 16.0 Å². The third-order valence-electron chi connectivity index (χ3n) is 2.05. The average Bonchev–Trinajstić information content (AvgIpc) is 2.14. The van der Waals surface area contributed by atoms with E-state index in [4.69, 9.17) is 18.0 Å². The summed E-state index contributed by atoms with van der Waals surface area (Å²) >= 11 is 5.08. The summed E-state index contributed by atoms with van der Waals surface area (Å²) in [6.07, 6.45) is 0. The molecule has 1 aliphatic rings. The summed E-state index contributed by atoms with van der Waals surface area (Å²) in [6, 6.07) is 0. The molecule has 1 saturated heterocycles. The topological polar surface area (TPSA) is 75.4 Å². The van der Waals surface area contributed by atoms with Crippen molar-refractivity contribution in [3.63, 3.8) is 0 Å². The molecule has 7 heteroatoms. The number of hydrogen-bond acceptors (Lipinski definition) is 4. The maximum absolute atomic E-state index is 11.1. The lowest BCUT2D eigenvalue weighted by molar-refractivity contribution is 0.436. The van der Waals surface area contributed by atoms with Crippen LogP contribution >= 0.6 is 12.2 Å². The highest BCUT2D eigenvalue weighted by Gasteiger charge is 2.22. The molecule has 0 aliphatic carbocycles. The number of nitrogens with zero attached hydrogens (tertiary/aromatic N) is 1. The summed E-state index contributed by atoms with van der Waals surface area (Å²) in [6.45, 7) is 2.12. The minimum atomic E-state index is -2.82. The van der Waals surface area contributed by atoms with Crippen LogP contribution in [0.15, 0.2) is 0 Å². The fourth-order valence-electron chi connectivity index (χ4n) is 1.21. The number of sulfone groups is 1. The SMILES string of the molecule is NCCNC(=S)N1CCS(=O)(=O)CC1. The molecule has 1 heterocycles. The molecule has 0 spiro atoms. The zero-order chi connectivity index (χ0) is 10.6. The van der Waals surface area contributed by atoms with Gasteiger partial charge in [-0.1, -0.05) is 0 Å². The molecule has 5 nitrogen and oxygen atoms in total. The van der Waals surface area contributed by atoms with E-state index < -0.39 is 9.84 Å². The molecule has 0 radical (unpaired) electrons. The second-order valence-corrected chi connectivity index (χ2v) is 5.85. The molecule has 0 saturated carbocycles. The molecule has 0 aromatic rings. The maximum atomic E-state index is 11.1. The Kier molecular flexibility index (Phi) is 4.09. The summed E-state index contributed by atoms with van der Waals surface area (Å²) in [5.74, 6) is 0.384. The smallest absolute Gasteiger partial charge is 0.169 e. The first kappa shape index (κ1) is 11.7. The molecule has 0 aromatic heterocycles. The summed E-state index contributed by atoms with van der Waals surface area (Å²) in [5.41, 5.74) is 5.31. The Bertz CT molecular complexity index is 288. The number of nitrogens with one attached hydrogen (secondary N) is 1. The second-order valence-electron chi connectivity index (χ2n) is 3.16. The minimum absolute atomic E-state index is 0.192. The fraction of sp³-hybridized carbons (Fsp3) is 0.857. The van der Waals surface area contributed by atoms with Gasteiger partial charge in [-0.25, -0.2) is 8.42 Å². The number of rotatable bonds is 2. The van der Waals surface area contributed by atoms with Crippen LogP contribution in [0.5, 0.6) is 0 Å². The van der Waals surface area contributed by atoms with Gasteiger partial charge >= 0.3 is 0 Å². The zero-order valence-corrected chi connectivity index (χ0v) is 9.53. The number of nitrogens with two attached hydrogens (primary N) is 1. The van der Waals surface area contributed by atoms with Crippen LogP contribution in [0.25, 0.3) is 0 Å². The fourth-order valence-corrected chi connectivity index (χ4v) is 2.69. The molecule has 82 valence electrons. The van der Waals surface area contributed by atoms with Crippen molar-refractivity contribution in [2.24, 2.45) is 5.73 Å². The molecule has 14 heavy (non-hydrogen) atoms. The highest BCUT2D eigenvalue weighted by molar-refractivity contribution is 7.91. The van der Waals surface area contributed by atoms with Crippen molar-refractivity contribution < 1.29 is 8.42 Å². The quantitative estimate of drug-likeness (QED) is 0.572. The molecular formula is C7H15N3O2S2. The van der Waals surface area contributed by atoms with E-state index in [1.807, 2.05) is 4.90 Å². The molecule has 1 aliphatic heterocycles. The van der Waals surface area contributed by atoms with E-state index in [1.54, 1.807) is 0 Å². The number of thiocarbonyl (C=S) groups is 1. The Balaban J connectivity index is 2.38. The van der Waals surface area contributed by atoms with E-state index in [-0.39, 0.29) is 11.5 Å². The van der Waals surface area contributed by atoms with Crippen molar-refractivity contribution in [3.8, 4) is 0 Å². The van der Waals surface area contributed by atoms with E-state index in [1.165, 1.54) is 0 Å². The van der Waals surface area contributed by atoms with E-state index in [0.29, 0.717) is 31.3 Å². The van der Waals surface area contributed by atoms with Crippen LogP contribution in [0.4, 0.5) is 0 Å². The molecule has 0 unspecified atom stereocenters. The normalized spacial score (nSPS) is 20.5. The lowest BCUT2D eigenvalue weighted by Gasteiger charge is -2.29. The van der Waals surface area contributed by atoms with Crippen LogP contribution in [-0.2, 0) is 9.84 Å². The van der Waals surface area contributed by atoms with Gasteiger partial charge in [0.05, 0.1) is 11.5 Å². The molecule has 0 atom stereocenters. The Hall–Kier alpha value is -0.400. The lowest BCUT2D eigenvalue weighted by atomic mass is 10.5. The van der Waals surface area contributed by atoms with Crippen LogP contribution < -0.4 is 11.1 Å². The largest absolute Gasteiger partial charge is 0.361 e. The minimum Gasteiger partial charge on any atom is -0.361 e. The predicted octanol–water partition coefficient (Wildman–Crippen LogP) is -1.45. The van der Waals surface area contributed by atoms with Gasteiger partial charge in [0, 0.05) is 26.2 Å². The van der Waals surface area contributed by atoms with E-state index >= 15 is 0 Å². The van der Waals surface area contributed by atoms with Gasteiger partial charge in [0.1, 0.15) is 0 Å². The standard InChI is InChI=1S/C7H15N3O2S2/c8-1-2-9-7(13)10-3-5-14(11,12)6-4-10/h1-6,8H2,(H,9,13). The van der Waals surface area contributed by atoms with Gasteiger partial charge in [0.2, 0.25) is 0 Å². The molecular weight excluding hydrogens is 222 g/mol. The Morgan fingerprint density at radius 2 is 2.00 bits per heavy atom. The summed E-state index contributed by atoms with van der Waals surface area (Å²) in [5, 5.41) is 3.57. The van der Waals surface area contributed by atoms with Crippen molar-refractivity contribution in [1.29, 1.82) is 0 Å². The summed E-state index contributed by atoms with van der Waals surface area (Å²) < 4.78 is 22.2. The van der Waals surface area contributed by atoms with Gasteiger partial charge in [0.15, 0.2) is 14.9 Å². The molecule has 0 amide bonds. The number of hydrogen-bond donors (Lipinski definition) is 2. The monoisotopic (exact) mass is 237 g/mol. The van der Waals surface area contributed by atoms with Crippen LogP contribution in [0.2, 0.25) is 0 Å². The van der Waals surface area contributed by atoms with Crippen LogP contribution in [-0.4, -0.2) is 56.1 Å². The highest BCUT2D eigenvalue weighted by Crippen LogP contribution is 2.03. The van der Waals surface area contributed by atoms with Crippen molar-refractivity contribution in [2.75, 3.05) is 37.7 Å². The maximum Gasteiger partial charge on any atom is 0.169 e. The van der Waals surface area contributed by atoms with Gasteiger partial charge in [0.25, 0.3) is 0 Å². The lowest BCUT2D eigenvalue weighted by Crippen LogP contribution is -2.48. The summed E-state index contributed by atoms with van der Waals surface area (Å²) in [7, 11) is -2.82. The first-order valence-corrected chi connectivity index (χ1v) is 6.71. The van der Waals surface area contributed by atoms with E-state index in [2.05, 4.69) is 5.32 Å². The van der Waals surface area contributed by atoms with E-state index in [9.17, 15) is 8.42 Å². The van der Waals surface area contributed by atoms with Crippen molar-refractivity contribution >= 4 is 27.2 Å². The zero-order valence-electron chi connectivity index (χ0n) is 7.90. The second kappa shape index (κ2) is 4.90. The van der Waals surface area contributed by atoms with Crippen molar-refractivity contribution in [1.82, 2.24) is 10.2 Å². The third-order valence-corrected chi connectivity index (χ3v) is 4.06. The molecule has 3 N–H and O–H groups in total. The molecule has 1 fully saturated rings. The molecule has 1 rings (SSSR count). The predicted molar refractivity (Wildman–Crippen MR) is 59.9 cm³/mol. The third kappa shape index (κ3) is 3.39. The Morgan fingerprint density at radius 1 is 1.43 bits per heavy atom. The van der Waals surface area contributed by atoms with Crippen LogP contribution in [0.1, 0.15) is 0 Å². The Labute approximate surface area is 89.6 Å². The first-order chi connectivity index (χ1) is 6.55. The molecule has 0 bridgehead atoms. The summed E-state index contributed by atoms with van der Waals surface area (Å²) in [4.78, 5) is 1.87. The van der Waals surface area contributed by atoms with Gasteiger partial charge in [-0.2, -0.15) is 0 Å². The van der Waals surface area contributed by atoms with Crippen LogP contribution in [0.3, 0.4) is 0 Å². The first-order valence-electron chi connectivity index (χ1n) is 4.48. The van der Waals surface area contributed by atoms with Crippen molar-refractivity contribution in [3.05, 3.63) is 0 Å².